The van der Waals surface area contributed by atoms with Crippen molar-refractivity contribution in [3.8, 4) is 0 Å². The van der Waals surface area contributed by atoms with Gasteiger partial charge in [0.2, 0.25) is 10.0 Å². The van der Waals surface area contributed by atoms with Gasteiger partial charge in [-0.2, -0.15) is 0 Å². The molecule has 0 saturated carbocycles. The Bertz CT molecular complexity index is 682. The Hall–Kier alpha value is -1.57. The standard InChI is InChI=1S/C13H17N3O2S2/c1-9(7-11-3-2-6-19-11)16-12-5-4-10(14)8-13(12)20(15,17)18/h2-6,8-9,16H,7,14H2,1H3,(H2,15,17,18). The van der Waals surface area contributed by atoms with Crippen LogP contribution in [0.25, 0.3) is 0 Å². The van der Waals surface area contributed by atoms with Gasteiger partial charge in [0.1, 0.15) is 4.90 Å². The van der Waals surface area contributed by atoms with E-state index in [0.29, 0.717) is 11.4 Å². The van der Waals surface area contributed by atoms with E-state index in [4.69, 9.17) is 10.9 Å². The minimum atomic E-state index is -3.80. The van der Waals surface area contributed by atoms with Crippen molar-refractivity contribution in [2.45, 2.75) is 24.3 Å². The SMILES string of the molecule is CC(Cc1cccs1)Nc1ccc(N)cc1S(N)(=O)=O. The number of nitrogens with one attached hydrogen (secondary N) is 1. The molecule has 1 unspecified atom stereocenters. The van der Waals surface area contributed by atoms with E-state index in [-0.39, 0.29) is 10.9 Å². The van der Waals surface area contributed by atoms with Crippen LogP contribution in [0.1, 0.15) is 11.8 Å². The Balaban J connectivity index is 2.21. The second-order valence-electron chi connectivity index (χ2n) is 4.63. The number of nitrogen functional groups attached to an aromatic ring is 1. The van der Waals surface area contributed by atoms with Crippen LogP contribution in [-0.2, 0) is 16.4 Å². The van der Waals surface area contributed by atoms with E-state index >= 15 is 0 Å². The molecule has 0 amide bonds. The van der Waals surface area contributed by atoms with Crippen LogP contribution in [0.4, 0.5) is 11.4 Å². The summed E-state index contributed by atoms with van der Waals surface area (Å²) in [4.78, 5) is 1.26. The molecule has 0 radical (unpaired) electrons. The summed E-state index contributed by atoms with van der Waals surface area (Å²) in [6, 6.07) is 8.78. The Morgan fingerprint density at radius 1 is 1.35 bits per heavy atom. The van der Waals surface area contributed by atoms with Crippen molar-refractivity contribution in [1.29, 1.82) is 0 Å². The molecule has 2 aromatic rings. The molecule has 0 saturated heterocycles. The van der Waals surface area contributed by atoms with Crippen LogP contribution in [0, 0.1) is 0 Å². The van der Waals surface area contributed by atoms with Gasteiger partial charge in [-0.05, 0) is 36.6 Å². The van der Waals surface area contributed by atoms with Crippen LogP contribution >= 0.6 is 11.3 Å². The Labute approximate surface area is 122 Å². The van der Waals surface area contributed by atoms with Crippen molar-refractivity contribution in [3.05, 3.63) is 40.6 Å². The molecule has 1 aromatic carbocycles. The van der Waals surface area contributed by atoms with Crippen molar-refractivity contribution >= 4 is 32.7 Å². The molecule has 20 heavy (non-hydrogen) atoms. The number of sulfonamides is 1. The minimum absolute atomic E-state index is 0.0236. The van der Waals surface area contributed by atoms with E-state index in [1.54, 1.807) is 23.5 Å². The second-order valence-corrected chi connectivity index (χ2v) is 7.19. The molecule has 5 nitrogen and oxygen atoms in total. The molecular formula is C13H17N3O2S2. The summed E-state index contributed by atoms with van der Waals surface area (Å²) < 4.78 is 23.2. The van der Waals surface area contributed by atoms with Crippen LogP contribution in [0.15, 0.2) is 40.6 Å². The maximum Gasteiger partial charge on any atom is 0.240 e. The molecule has 0 aliphatic rings. The molecule has 5 N–H and O–H groups in total. The molecule has 2 rings (SSSR count). The predicted molar refractivity (Wildman–Crippen MR) is 83.3 cm³/mol. The zero-order valence-corrected chi connectivity index (χ0v) is 12.7. The fourth-order valence-electron chi connectivity index (χ4n) is 1.94. The Morgan fingerprint density at radius 2 is 2.10 bits per heavy atom. The summed E-state index contributed by atoms with van der Waals surface area (Å²) in [5.41, 5.74) is 6.46. The largest absolute Gasteiger partial charge is 0.399 e. The number of hydrogen-bond donors (Lipinski definition) is 3. The van der Waals surface area contributed by atoms with Gasteiger partial charge in [0.15, 0.2) is 0 Å². The first-order chi connectivity index (χ1) is 9.36. The topological polar surface area (TPSA) is 98.2 Å². The fraction of sp³-hybridized carbons (Fsp3) is 0.231. The van der Waals surface area contributed by atoms with Gasteiger partial charge in [0.05, 0.1) is 5.69 Å². The number of nitrogens with two attached hydrogens (primary N) is 2. The summed E-state index contributed by atoms with van der Waals surface area (Å²) in [5.74, 6) is 0. The minimum Gasteiger partial charge on any atom is -0.399 e. The van der Waals surface area contributed by atoms with Crippen LogP contribution in [-0.4, -0.2) is 14.5 Å². The average Bonchev–Trinajstić information content (AvgIpc) is 2.82. The molecule has 1 atom stereocenters. The van der Waals surface area contributed by atoms with Gasteiger partial charge in [-0.3, -0.25) is 0 Å². The third-order valence-electron chi connectivity index (χ3n) is 2.80. The third kappa shape index (κ3) is 3.72. The van der Waals surface area contributed by atoms with Gasteiger partial charge < -0.3 is 11.1 Å². The van der Waals surface area contributed by atoms with E-state index in [2.05, 4.69) is 5.32 Å². The van der Waals surface area contributed by atoms with Crippen molar-refractivity contribution in [3.63, 3.8) is 0 Å². The highest BCUT2D eigenvalue weighted by molar-refractivity contribution is 7.89. The van der Waals surface area contributed by atoms with Gasteiger partial charge in [-0.25, -0.2) is 13.6 Å². The lowest BCUT2D eigenvalue weighted by Crippen LogP contribution is -2.21. The summed E-state index contributed by atoms with van der Waals surface area (Å²) in [7, 11) is -3.80. The van der Waals surface area contributed by atoms with Crippen molar-refractivity contribution < 1.29 is 8.42 Å². The van der Waals surface area contributed by atoms with Crippen molar-refractivity contribution in [2.75, 3.05) is 11.1 Å². The predicted octanol–water partition coefficient (Wildman–Crippen LogP) is 2.02. The molecule has 0 fully saturated rings. The molecule has 1 heterocycles. The van der Waals surface area contributed by atoms with Gasteiger partial charge in [-0.15, -0.1) is 11.3 Å². The lowest BCUT2D eigenvalue weighted by molar-refractivity contribution is 0.598. The zero-order valence-electron chi connectivity index (χ0n) is 11.0. The average molecular weight is 311 g/mol. The number of primary sulfonamides is 1. The maximum atomic E-state index is 11.6. The maximum absolute atomic E-state index is 11.6. The number of benzene rings is 1. The molecule has 1 aromatic heterocycles. The van der Waals surface area contributed by atoms with Crippen LogP contribution in [0.2, 0.25) is 0 Å². The quantitative estimate of drug-likeness (QED) is 0.736. The van der Waals surface area contributed by atoms with E-state index in [1.165, 1.54) is 10.9 Å². The Kier molecular flexibility index (Phi) is 4.32. The highest BCUT2D eigenvalue weighted by atomic mass is 32.2. The van der Waals surface area contributed by atoms with Crippen LogP contribution < -0.4 is 16.2 Å². The van der Waals surface area contributed by atoms with Crippen molar-refractivity contribution in [1.82, 2.24) is 0 Å². The first-order valence-corrected chi connectivity index (χ1v) is 8.50. The molecule has 0 bridgehead atoms. The van der Waals surface area contributed by atoms with E-state index in [1.807, 2.05) is 24.4 Å². The van der Waals surface area contributed by atoms with Crippen LogP contribution in [0.3, 0.4) is 0 Å². The van der Waals surface area contributed by atoms with Crippen LogP contribution in [0.5, 0.6) is 0 Å². The smallest absolute Gasteiger partial charge is 0.240 e. The van der Waals surface area contributed by atoms with Gasteiger partial charge in [0.25, 0.3) is 0 Å². The summed E-state index contributed by atoms with van der Waals surface area (Å²) in [5, 5.41) is 10.4. The molecule has 108 valence electrons. The number of anilines is 2. The first-order valence-electron chi connectivity index (χ1n) is 6.07. The summed E-state index contributed by atoms with van der Waals surface area (Å²) in [6.07, 6.45) is 0.812. The fourth-order valence-corrected chi connectivity index (χ4v) is 3.51. The van der Waals surface area contributed by atoms with Crippen molar-refractivity contribution in [2.24, 2.45) is 5.14 Å². The summed E-state index contributed by atoms with van der Waals surface area (Å²) in [6.45, 7) is 1.99. The Morgan fingerprint density at radius 3 is 2.70 bits per heavy atom. The van der Waals surface area contributed by atoms with Gasteiger partial charge in [0, 0.05) is 23.0 Å². The monoisotopic (exact) mass is 311 g/mol. The normalized spacial score (nSPS) is 13.1. The number of hydrogen-bond acceptors (Lipinski definition) is 5. The summed E-state index contributed by atoms with van der Waals surface area (Å²) >= 11 is 1.67. The highest BCUT2D eigenvalue weighted by Gasteiger charge is 2.16. The second kappa shape index (κ2) is 5.82. The number of rotatable bonds is 5. The first kappa shape index (κ1) is 14.8. The van der Waals surface area contributed by atoms with E-state index in [0.717, 1.165) is 6.42 Å². The van der Waals surface area contributed by atoms with E-state index < -0.39 is 10.0 Å². The highest BCUT2D eigenvalue weighted by Crippen LogP contribution is 2.24. The van der Waals surface area contributed by atoms with E-state index in [9.17, 15) is 8.42 Å². The van der Waals surface area contributed by atoms with Gasteiger partial charge >= 0.3 is 0 Å². The molecule has 0 aliphatic carbocycles. The molecule has 0 aliphatic heterocycles. The zero-order chi connectivity index (χ0) is 14.8. The molecule has 0 spiro atoms. The molecular weight excluding hydrogens is 294 g/mol. The lowest BCUT2D eigenvalue weighted by atomic mass is 10.2. The van der Waals surface area contributed by atoms with Gasteiger partial charge in [-0.1, -0.05) is 6.07 Å². The molecule has 7 heteroatoms. The lowest BCUT2D eigenvalue weighted by Gasteiger charge is -2.17. The number of thiophene rings is 1. The third-order valence-corrected chi connectivity index (χ3v) is 4.65.